The van der Waals surface area contributed by atoms with Crippen molar-refractivity contribution in [3.8, 4) is 5.75 Å². The number of fused-ring (bicyclic) bond motifs is 5. The number of carboxylic acids is 1. The molecule has 4 rings (SSSR count). The highest BCUT2D eigenvalue weighted by Gasteiger charge is 2.81. The van der Waals surface area contributed by atoms with Crippen LogP contribution in [0.4, 0.5) is 39.5 Å². The predicted molar refractivity (Wildman–Crippen MR) is 160 cm³/mol. The first-order valence-corrected chi connectivity index (χ1v) is 17.2. The molecule has 0 unspecified atom stereocenters. The van der Waals surface area contributed by atoms with Crippen LogP contribution >= 0.6 is 0 Å². The Morgan fingerprint density at radius 2 is 1.50 bits per heavy atom. The van der Waals surface area contributed by atoms with Crippen LogP contribution in [0.15, 0.2) is 18.2 Å². The minimum Gasteiger partial charge on any atom is -0.508 e. The lowest BCUT2D eigenvalue weighted by Crippen LogP contribution is -2.60. The molecule has 0 aromatic heterocycles. The third-order valence-corrected chi connectivity index (χ3v) is 11.8. The molecule has 2 saturated carbocycles. The first-order chi connectivity index (χ1) is 22.2. The second-order valence-corrected chi connectivity index (χ2v) is 14.8. The fraction of sp³-hybridized carbons (Fsp3) is 0.800. The summed E-state index contributed by atoms with van der Waals surface area (Å²) in [7, 11) is 0. The molecule has 274 valence electrons. The molecule has 3 aliphatic rings. The van der Waals surface area contributed by atoms with Crippen molar-refractivity contribution >= 4 is 5.97 Å². The van der Waals surface area contributed by atoms with Gasteiger partial charge in [-0.3, -0.25) is 4.79 Å². The summed E-state index contributed by atoms with van der Waals surface area (Å²) >= 11 is 0. The number of hydrogen-bond acceptors (Lipinski definition) is 3. The van der Waals surface area contributed by atoms with Gasteiger partial charge in [0, 0.05) is 6.42 Å². The minimum atomic E-state index is -6.98. The van der Waals surface area contributed by atoms with E-state index in [1.807, 2.05) is 6.07 Å². The number of rotatable bonds is 16. The largest absolute Gasteiger partial charge is 0.508 e. The molecule has 0 bridgehead atoms. The summed E-state index contributed by atoms with van der Waals surface area (Å²) in [6.07, 6.45) is 0.306. The highest BCUT2D eigenvalue weighted by molar-refractivity contribution is 5.69. The van der Waals surface area contributed by atoms with E-state index in [2.05, 4.69) is 13.0 Å². The number of halogens is 9. The predicted octanol–water partition coefficient (Wildman–Crippen LogP) is 10.3. The maximum absolute atomic E-state index is 13.9. The van der Waals surface area contributed by atoms with E-state index >= 15 is 0 Å². The fourth-order valence-electron chi connectivity index (χ4n) is 9.02. The summed E-state index contributed by atoms with van der Waals surface area (Å²) in [5.41, 5.74) is 2.47. The Hall–Kier alpha value is -2.18. The van der Waals surface area contributed by atoms with Crippen LogP contribution in [-0.4, -0.2) is 51.3 Å². The molecule has 1 aromatic carbocycles. The van der Waals surface area contributed by atoms with Crippen molar-refractivity contribution in [3.63, 3.8) is 0 Å². The fourth-order valence-corrected chi connectivity index (χ4v) is 9.02. The molecule has 0 aliphatic heterocycles. The maximum atomic E-state index is 13.9. The summed E-state index contributed by atoms with van der Waals surface area (Å²) in [6, 6.07) is 5.72. The van der Waals surface area contributed by atoms with Gasteiger partial charge in [-0.05, 0) is 104 Å². The van der Waals surface area contributed by atoms with Crippen LogP contribution < -0.4 is 0 Å². The molecule has 3 N–H and O–H groups in total. The molecule has 0 saturated heterocycles. The third kappa shape index (κ3) is 7.60. The molecule has 0 radical (unpaired) electrons. The quantitative estimate of drug-likeness (QED) is 0.118. The van der Waals surface area contributed by atoms with Gasteiger partial charge in [-0.1, -0.05) is 57.9 Å². The molecule has 13 heteroatoms. The van der Waals surface area contributed by atoms with Gasteiger partial charge >= 0.3 is 29.9 Å². The number of aliphatic hydroxyl groups is 1. The first-order valence-electron chi connectivity index (χ1n) is 17.2. The molecule has 2 fully saturated rings. The molecular formula is C35H47F9O4. The van der Waals surface area contributed by atoms with Crippen molar-refractivity contribution in [2.45, 2.75) is 146 Å². The number of alkyl halides is 9. The van der Waals surface area contributed by atoms with E-state index in [-0.39, 0.29) is 30.1 Å². The summed E-state index contributed by atoms with van der Waals surface area (Å²) in [5.74, 6) is -20.6. The Kier molecular flexibility index (Phi) is 11.7. The van der Waals surface area contributed by atoms with Crippen LogP contribution in [0, 0.1) is 29.1 Å². The smallest absolute Gasteiger partial charge is 0.460 e. The highest BCUT2D eigenvalue weighted by Crippen LogP contribution is 2.63. The summed E-state index contributed by atoms with van der Waals surface area (Å²) < 4.78 is 118. The SMILES string of the molecule is C[C@]12CC[C@@H]3c4ccc(O)cc4C[C@@H](CCCCCCCCC[C@H](CCC(F)(F)C(F)(F)C(F)(F)C(F)(F)F)C(=O)O)[C@H]3[C@@H]1CC[C@@H]2O. The van der Waals surface area contributed by atoms with Gasteiger partial charge in [-0.15, -0.1) is 0 Å². The number of unbranched alkanes of at least 4 members (excludes halogenated alkanes) is 6. The Balaban J connectivity index is 1.20. The first kappa shape index (κ1) is 38.6. The minimum absolute atomic E-state index is 0.0682. The van der Waals surface area contributed by atoms with Crippen molar-refractivity contribution in [1.82, 2.24) is 0 Å². The third-order valence-electron chi connectivity index (χ3n) is 11.8. The molecule has 4 nitrogen and oxygen atoms in total. The Morgan fingerprint density at radius 1 is 0.875 bits per heavy atom. The van der Waals surface area contributed by atoms with E-state index in [9.17, 15) is 59.6 Å². The number of aromatic hydroxyl groups is 1. The molecule has 48 heavy (non-hydrogen) atoms. The zero-order valence-electron chi connectivity index (χ0n) is 27.2. The van der Waals surface area contributed by atoms with Gasteiger partial charge in [-0.25, -0.2) is 0 Å². The average molecular weight is 703 g/mol. The van der Waals surface area contributed by atoms with Gasteiger partial charge in [-0.2, -0.15) is 39.5 Å². The van der Waals surface area contributed by atoms with Gasteiger partial charge in [0.15, 0.2) is 0 Å². The number of carbonyl (C=O) groups is 1. The summed E-state index contributed by atoms with van der Waals surface area (Å²) in [6.45, 7) is 2.24. The van der Waals surface area contributed by atoms with Gasteiger partial charge in [0.05, 0.1) is 12.0 Å². The van der Waals surface area contributed by atoms with E-state index in [1.54, 1.807) is 6.07 Å². The Morgan fingerprint density at radius 3 is 2.12 bits per heavy atom. The van der Waals surface area contributed by atoms with Crippen LogP contribution in [0.2, 0.25) is 0 Å². The van der Waals surface area contributed by atoms with Crippen molar-refractivity contribution in [2.75, 3.05) is 0 Å². The zero-order chi connectivity index (χ0) is 35.7. The highest BCUT2D eigenvalue weighted by atomic mass is 19.4. The Labute approximate surface area is 275 Å². The second kappa shape index (κ2) is 14.6. The van der Waals surface area contributed by atoms with Crippen molar-refractivity contribution in [1.29, 1.82) is 0 Å². The van der Waals surface area contributed by atoms with E-state index in [0.717, 1.165) is 64.2 Å². The monoisotopic (exact) mass is 702 g/mol. The number of aliphatic hydroxyl groups excluding tert-OH is 1. The molecule has 0 amide bonds. The number of benzene rings is 1. The second-order valence-electron chi connectivity index (χ2n) is 14.8. The summed E-state index contributed by atoms with van der Waals surface area (Å²) in [5, 5.41) is 30.3. The number of hydrogen-bond donors (Lipinski definition) is 3. The zero-order valence-corrected chi connectivity index (χ0v) is 27.2. The normalized spacial score (nSPS) is 28.4. The van der Waals surface area contributed by atoms with Gasteiger partial charge in [0.25, 0.3) is 0 Å². The van der Waals surface area contributed by atoms with Crippen LogP contribution in [0.3, 0.4) is 0 Å². The van der Waals surface area contributed by atoms with Crippen LogP contribution in [0.1, 0.15) is 120 Å². The molecule has 0 heterocycles. The van der Waals surface area contributed by atoms with E-state index in [4.69, 9.17) is 0 Å². The van der Waals surface area contributed by atoms with Crippen molar-refractivity contribution in [3.05, 3.63) is 29.3 Å². The molecule has 0 spiro atoms. The molecule has 7 atom stereocenters. The molecule has 1 aromatic rings. The number of carboxylic acid groups (broad SMARTS) is 1. The lowest BCUT2D eigenvalue weighted by Gasteiger charge is -2.53. The van der Waals surface area contributed by atoms with Crippen molar-refractivity contribution < 1.29 is 59.6 Å². The lowest BCUT2D eigenvalue weighted by molar-refractivity contribution is -0.396. The van der Waals surface area contributed by atoms with E-state index in [1.165, 1.54) is 11.1 Å². The van der Waals surface area contributed by atoms with Crippen LogP contribution in [-0.2, 0) is 11.2 Å². The summed E-state index contributed by atoms with van der Waals surface area (Å²) in [4.78, 5) is 11.5. The maximum Gasteiger partial charge on any atom is 0.460 e. The van der Waals surface area contributed by atoms with Crippen LogP contribution in [0.25, 0.3) is 0 Å². The standard InChI is InChI=1S/C35H47F9O4/c1-31-17-16-26-25-12-11-24(45)20-23(25)19-22(29(26)27(31)13-14-28(31)46)10-8-6-4-2-3-5-7-9-21(30(47)48)15-18-32(36,37)33(38,39)34(40,41)35(42,43)44/h11-12,20-22,26-29,45-46H,2-10,13-19H2,1H3,(H,47,48)/t21-,22-,26-,27+,28+,29-,31+/m1/s1. The average Bonchev–Trinajstić information content (AvgIpc) is 3.30. The van der Waals surface area contributed by atoms with E-state index < -0.39 is 48.7 Å². The van der Waals surface area contributed by atoms with Gasteiger partial charge in [0.2, 0.25) is 0 Å². The number of phenolic OH excluding ortho intramolecular Hbond substituents is 1. The van der Waals surface area contributed by atoms with Gasteiger partial charge in [0.1, 0.15) is 5.75 Å². The molecular weight excluding hydrogens is 655 g/mol. The molecule has 3 aliphatic carbocycles. The number of phenols is 1. The Bertz CT molecular complexity index is 1250. The topological polar surface area (TPSA) is 77.8 Å². The van der Waals surface area contributed by atoms with Crippen LogP contribution in [0.5, 0.6) is 5.75 Å². The van der Waals surface area contributed by atoms with Crippen molar-refractivity contribution in [2.24, 2.45) is 29.1 Å². The number of aliphatic carboxylic acids is 1. The van der Waals surface area contributed by atoms with E-state index in [0.29, 0.717) is 36.5 Å². The van der Waals surface area contributed by atoms with Gasteiger partial charge < -0.3 is 15.3 Å². The lowest BCUT2D eigenvalue weighted by atomic mass is 9.52.